The second kappa shape index (κ2) is 7.51. The maximum atomic E-state index is 12.4. The quantitative estimate of drug-likeness (QED) is 0.712. The number of rotatable bonds is 5. The molecule has 1 aliphatic heterocycles. The number of ether oxygens (including phenoxy) is 1. The number of carbonyl (C=O) groups excluding carboxylic acids is 2. The van der Waals surface area contributed by atoms with E-state index in [-0.39, 0.29) is 30.2 Å². The third kappa shape index (κ3) is 3.71. The zero-order chi connectivity index (χ0) is 19.5. The first-order valence-electron chi connectivity index (χ1n) is 8.94. The summed E-state index contributed by atoms with van der Waals surface area (Å²) in [4.78, 5) is 28.7. The second-order valence-corrected chi connectivity index (χ2v) is 6.44. The number of fused-ring (bicyclic) bond motifs is 1. The van der Waals surface area contributed by atoms with Gasteiger partial charge in [0.05, 0.1) is 12.5 Å². The summed E-state index contributed by atoms with van der Waals surface area (Å²) in [5, 5.41) is 9.71. The number of nitrogens with one attached hydrogen (secondary N) is 2. The van der Waals surface area contributed by atoms with Gasteiger partial charge in [0, 0.05) is 0 Å². The topological polar surface area (TPSA) is 98.1 Å². The van der Waals surface area contributed by atoms with Crippen LogP contribution in [0.1, 0.15) is 24.9 Å². The number of anilines is 2. The predicted molar refractivity (Wildman–Crippen MR) is 103 cm³/mol. The zero-order valence-electron chi connectivity index (χ0n) is 15.2. The minimum atomic E-state index is -0.734. The van der Waals surface area contributed by atoms with Crippen LogP contribution < -0.4 is 15.4 Å². The van der Waals surface area contributed by atoms with Gasteiger partial charge in [0.15, 0.2) is 6.10 Å². The fraction of sp³-hybridized carbons (Fsp3) is 0.200. The average Bonchev–Trinajstić information content (AvgIpc) is 3.10. The van der Waals surface area contributed by atoms with Gasteiger partial charge in [-0.2, -0.15) is 4.98 Å². The van der Waals surface area contributed by atoms with Crippen molar-refractivity contribution in [1.29, 1.82) is 0 Å². The summed E-state index contributed by atoms with van der Waals surface area (Å²) in [5.74, 6) is 0.490. The molecule has 28 heavy (non-hydrogen) atoms. The van der Waals surface area contributed by atoms with Crippen molar-refractivity contribution in [3.05, 3.63) is 66.2 Å². The highest BCUT2D eigenvalue weighted by molar-refractivity contribution is 5.94. The molecule has 2 aromatic carbocycles. The molecule has 2 atom stereocenters. The van der Waals surface area contributed by atoms with E-state index in [0.29, 0.717) is 11.7 Å². The molecule has 0 radical (unpaired) electrons. The first-order chi connectivity index (χ1) is 13.6. The van der Waals surface area contributed by atoms with E-state index in [1.54, 1.807) is 23.7 Å². The Labute approximate surface area is 161 Å². The predicted octanol–water partition coefficient (Wildman–Crippen LogP) is 2.62. The minimum Gasteiger partial charge on any atom is -0.481 e. The van der Waals surface area contributed by atoms with Crippen LogP contribution in [0.3, 0.4) is 0 Å². The maximum Gasteiger partial charge on any atom is 0.267 e. The van der Waals surface area contributed by atoms with Crippen LogP contribution in [0.2, 0.25) is 0 Å². The molecular formula is C20H19N5O3. The van der Waals surface area contributed by atoms with E-state index in [1.165, 1.54) is 0 Å². The molecule has 1 aromatic heterocycles. The first-order valence-corrected chi connectivity index (χ1v) is 8.94. The van der Waals surface area contributed by atoms with Crippen LogP contribution in [0, 0.1) is 0 Å². The first kappa shape index (κ1) is 17.7. The van der Waals surface area contributed by atoms with Crippen LogP contribution in [-0.4, -0.2) is 32.7 Å². The number of hydrogen-bond acceptors (Lipinski definition) is 5. The smallest absolute Gasteiger partial charge is 0.267 e. The SMILES string of the molecule is CC(Oc1ccccc1)C(=O)Nc1nc2n(n1)C(c1ccccc1)CC(=O)N2. The molecule has 0 bridgehead atoms. The fourth-order valence-corrected chi connectivity index (χ4v) is 3.02. The summed E-state index contributed by atoms with van der Waals surface area (Å²) in [6.45, 7) is 1.65. The normalized spacial score (nSPS) is 16.6. The van der Waals surface area contributed by atoms with Gasteiger partial charge in [0.2, 0.25) is 11.9 Å². The van der Waals surface area contributed by atoms with E-state index in [1.807, 2.05) is 48.5 Å². The standard InChI is InChI=1S/C20H19N5O3/c1-13(28-15-10-6-3-7-11-15)18(27)22-19-23-20-21-17(26)12-16(25(20)24-19)14-8-4-2-5-9-14/h2-11,13,16H,12H2,1H3,(H2,21,22,23,24,26,27). The van der Waals surface area contributed by atoms with Crippen LogP contribution in [0.15, 0.2) is 60.7 Å². The highest BCUT2D eigenvalue weighted by Gasteiger charge is 2.29. The summed E-state index contributed by atoms with van der Waals surface area (Å²) < 4.78 is 7.23. The molecule has 4 rings (SSSR count). The molecule has 3 aromatic rings. The molecule has 0 saturated heterocycles. The Kier molecular flexibility index (Phi) is 4.76. The van der Waals surface area contributed by atoms with Crippen LogP contribution in [-0.2, 0) is 9.59 Å². The van der Waals surface area contributed by atoms with Gasteiger partial charge in [0.1, 0.15) is 5.75 Å². The molecule has 2 unspecified atom stereocenters. The van der Waals surface area contributed by atoms with Crippen molar-refractivity contribution in [1.82, 2.24) is 14.8 Å². The Morgan fingerprint density at radius 2 is 1.86 bits per heavy atom. The van der Waals surface area contributed by atoms with Gasteiger partial charge in [-0.3, -0.25) is 20.2 Å². The van der Waals surface area contributed by atoms with E-state index in [9.17, 15) is 9.59 Å². The molecule has 0 fully saturated rings. The molecular weight excluding hydrogens is 358 g/mol. The maximum absolute atomic E-state index is 12.4. The molecule has 8 nitrogen and oxygen atoms in total. The summed E-state index contributed by atoms with van der Waals surface area (Å²) in [6, 6.07) is 18.4. The van der Waals surface area contributed by atoms with Crippen LogP contribution in [0.4, 0.5) is 11.9 Å². The number of benzene rings is 2. The van der Waals surface area contributed by atoms with Gasteiger partial charge in [-0.1, -0.05) is 48.5 Å². The van der Waals surface area contributed by atoms with Crippen molar-refractivity contribution in [2.45, 2.75) is 25.5 Å². The number of para-hydroxylation sites is 1. The van der Waals surface area contributed by atoms with Gasteiger partial charge in [-0.15, -0.1) is 5.10 Å². The third-order valence-corrected chi connectivity index (χ3v) is 4.40. The molecule has 2 N–H and O–H groups in total. The van der Waals surface area contributed by atoms with Crippen LogP contribution >= 0.6 is 0 Å². The Hall–Kier alpha value is -3.68. The molecule has 8 heteroatoms. The fourth-order valence-electron chi connectivity index (χ4n) is 3.02. The van der Waals surface area contributed by atoms with Gasteiger partial charge in [-0.25, -0.2) is 4.68 Å². The van der Waals surface area contributed by atoms with E-state index < -0.39 is 6.10 Å². The number of carbonyl (C=O) groups is 2. The van der Waals surface area contributed by atoms with E-state index in [0.717, 1.165) is 5.56 Å². The highest BCUT2D eigenvalue weighted by Crippen LogP contribution is 2.29. The lowest BCUT2D eigenvalue weighted by molar-refractivity contribution is -0.122. The molecule has 0 saturated carbocycles. The van der Waals surface area contributed by atoms with E-state index >= 15 is 0 Å². The van der Waals surface area contributed by atoms with Gasteiger partial charge in [-0.05, 0) is 24.6 Å². The third-order valence-electron chi connectivity index (χ3n) is 4.40. The van der Waals surface area contributed by atoms with Crippen molar-refractivity contribution < 1.29 is 14.3 Å². The largest absolute Gasteiger partial charge is 0.481 e. The summed E-state index contributed by atoms with van der Waals surface area (Å²) in [6.07, 6.45) is -0.483. The average molecular weight is 377 g/mol. The van der Waals surface area contributed by atoms with Crippen LogP contribution in [0.25, 0.3) is 0 Å². The van der Waals surface area contributed by atoms with Crippen molar-refractivity contribution in [2.24, 2.45) is 0 Å². The molecule has 2 heterocycles. The van der Waals surface area contributed by atoms with Crippen molar-refractivity contribution in [3.8, 4) is 5.75 Å². The molecule has 0 spiro atoms. The monoisotopic (exact) mass is 377 g/mol. The van der Waals surface area contributed by atoms with Gasteiger partial charge in [0.25, 0.3) is 11.9 Å². The van der Waals surface area contributed by atoms with Gasteiger partial charge < -0.3 is 4.74 Å². The molecule has 2 amide bonds. The van der Waals surface area contributed by atoms with Gasteiger partial charge >= 0.3 is 0 Å². The van der Waals surface area contributed by atoms with Crippen LogP contribution in [0.5, 0.6) is 5.75 Å². The molecule has 142 valence electrons. The Morgan fingerprint density at radius 1 is 1.18 bits per heavy atom. The summed E-state index contributed by atoms with van der Waals surface area (Å²) in [5.41, 5.74) is 0.946. The van der Waals surface area contributed by atoms with Crippen molar-refractivity contribution in [2.75, 3.05) is 10.6 Å². The number of aromatic nitrogens is 3. The van der Waals surface area contributed by atoms with Crippen molar-refractivity contribution in [3.63, 3.8) is 0 Å². The number of nitrogens with zero attached hydrogens (tertiary/aromatic N) is 3. The zero-order valence-corrected chi connectivity index (χ0v) is 15.2. The summed E-state index contributed by atoms with van der Waals surface area (Å²) >= 11 is 0. The molecule has 0 aliphatic carbocycles. The Bertz CT molecular complexity index is 988. The van der Waals surface area contributed by atoms with E-state index in [4.69, 9.17) is 4.74 Å². The number of hydrogen-bond donors (Lipinski definition) is 2. The lowest BCUT2D eigenvalue weighted by Crippen LogP contribution is -2.30. The summed E-state index contributed by atoms with van der Waals surface area (Å²) in [7, 11) is 0. The van der Waals surface area contributed by atoms with E-state index in [2.05, 4.69) is 20.7 Å². The lowest BCUT2D eigenvalue weighted by atomic mass is 10.0. The molecule has 1 aliphatic rings. The number of amides is 2. The van der Waals surface area contributed by atoms with Crippen molar-refractivity contribution >= 4 is 23.7 Å². The Balaban J connectivity index is 1.51. The second-order valence-electron chi connectivity index (χ2n) is 6.44. The highest BCUT2D eigenvalue weighted by atomic mass is 16.5. The lowest BCUT2D eigenvalue weighted by Gasteiger charge is -2.23. The minimum absolute atomic E-state index is 0.117. The Morgan fingerprint density at radius 3 is 2.57 bits per heavy atom.